The van der Waals surface area contributed by atoms with E-state index in [1.165, 1.54) is 11.3 Å². The van der Waals surface area contributed by atoms with Crippen LogP contribution in [0.15, 0.2) is 18.5 Å². The fourth-order valence-electron chi connectivity index (χ4n) is 1.98. The van der Waals surface area contributed by atoms with Crippen molar-refractivity contribution < 1.29 is 0 Å². The Balaban J connectivity index is 1.95. The fraction of sp³-hybridized carbons (Fsp3) is 0.538. The molecule has 2 aromatic heterocycles. The first-order chi connectivity index (χ1) is 8.70. The molecule has 0 unspecified atom stereocenters. The molecule has 0 fully saturated rings. The van der Waals surface area contributed by atoms with Crippen LogP contribution in [0.2, 0.25) is 0 Å². The van der Waals surface area contributed by atoms with Crippen molar-refractivity contribution >= 4 is 0 Å². The second-order valence-corrected chi connectivity index (χ2v) is 4.48. The van der Waals surface area contributed by atoms with E-state index in [-0.39, 0.29) is 0 Å². The van der Waals surface area contributed by atoms with E-state index >= 15 is 0 Å². The normalized spacial score (nSPS) is 11.1. The largest absolute Gasteiger partial charge is 0.313 e. The van der Waals surface area contributed by atoms with Gasteiger partial charge in [-0.3, -0.25) is 9.36 Å². The third-order valence-electron chi connectivity index (χ3n) is 3.13. The molecule has 2 rings (SSSR count). The zero-order chi connectivity index (χ0) is 13.0. The molecule has 0 aromatic carbocycles. The molecule has 0 aliphatic rings. The number of nitrogens with one attached hydrogen (secondary N) is 1. The Bertz CT molecular complexity index is 497. The number of rotatable bonds is 6. The molecular weight excluding hydrogens is 226 g/mol. The van der Waals surface area contributed by atoms with Crippen LogP contribution >= 0.6 is 0 Å². The zero-order valence-electron chi connectivity index (χ0n) is 11.3. The molecule has 0 saturated heterocycles. The lowest BCUT2D eigenvalue weighted by Crippen LogP contribution is -2.11. The molecule has 1 N–H and O–H groups in total. The minimum atomic E-state index is 0.895. The van der Waals surface area contributed by atoms with E-state index in [9.17, 15) is 0 Å². The third kappa shape index (κ3) is 2.98. The summed E-state index contributed by atoms with van der Waals surface area (Å²) in [5, 5.41) is 12.0. The molecule has 98 valence electrons. The minimum Gasteiger partial charge on any atom is -0.313 e. The molecule has 0 spiro atoms. The molecule has 18 heavy (non-hydrogen) atoms. The Morgan fingerprint density at radius 3 is 2.89 bits per heavy atom. The van der Waals surface area contributed by atoms with Gasteiger partial charge in [0.2, 0.25) is 0 Å². The van der Waals surface area contributed by atoms with E-state index in [0.717, 1.165) is 31.7 Å². The lowest BCUT2D eigenvalue weighted by atomic mass is 10.2. The average Bonchev–Trinajstić information content (AvgIpc) is 2.91. The van der Waals surface area contributed by atoms with Crippen LogP contribution in [0.1, 0.15) is 23.9 Å². The Morgan fingerprint density at radius 2 is 2.22 bits per heavy atom. The first kappa shape index (κ1) is 12.8. The van der Waals surface area contributed by atoms with Gasteiger partial charge in [-0.15, -0.1) is 0 Å². The van der Waals surface area contributed by atoms with Gasteiger partial charge in [0.1, 0.15) is 0 Å². The molecule has 0 aliphatic carbocycles. The molecule has 0 radical (unpaired) electrons. The van der Waals surface area contributed by atoms with Gasteiger partial charge < -0.3 is 5.32 Å². The monoisotopic (exact) mass is 247 g/mol. The maximum absolute atomic E-state index is 4.54. The van der Waals surface area contributed by atoms with Crippen molar-refractivity contribution in [1.82, 2.24) is 24.9 Å². The number of hydrogen-bond acceptors (Lipinski definition) is 3. The molecule has 2 heterocycles. The van der Waals surface area contributed by atoms with Crippen LogP contribution in [0.3, 0.4) is 0 Å². The topological polar surface area (TPSA) is 47.7 Å². The van der Waals surface area contributed by atoms with Crippen molar-refractivity contribution in [2.45, 2.75) is 33.4 Å². The van der Waals surface area contributed by atoms with Gasteiger partial charge in [0.15, 0.2) is 0 Å². The second-order valence-electron chi connectivity index (χ2n) is 4.48. The van der Waals surface area contributed by atoms with Crippen molar-refractivity contribution in [3.8, 4) is 0 Å². The Hall–Kier alpha value is -1.62. The standard InChI is InChI=1S/C13H21N5/c1-4-14-9-12-10-18(16-11(12)2)8-6-13-5-7-15-17(13)3/h5,7,10,14H,4,6,8-9H2,1-3H3. The minimum absolute atomic E-state index is 0.895. The summed E-state index contributed by atoms with van der Waals surface area (Å²) < 4.78 is 3.94. The predicted octanol–water partition coefficient (Wildman–Crippen LogP) is 1.28. The lowest BCUT2D eigenvalue weighted by molar-refractivity contribution is 0.582. The molecule has 0 atom stereocenters. The van der Waals surface area contributed by atoms with Gasteiger partial charge in [-0.2, -0.15) is 10.2 Å². The van der Waals surface area contributed by atoms with Crippen LogP contribution in [0.5, 0.6) is 0 Å². The molecule has 2 aromatic rings. The summed E-state index contributed by atoms with van der Waals surface area (Å²) in [7, 11) is 1.97. The van der Waals surface area contributed by atoms with E-state index in [0.29, 0.717) is 0 Å². The van der Waals surface area contributed by atoms with Crippen molar-refractivity contribution in [3.05, 3.63) is 35.4 Å². The van der Waals surface area contributed by atoms with Crippen LogP contribution in [0.4, 0.5) is 0 Å². The number of aromatic nitrogens is 4. The molecule has 0 aliphatic heterocycles. The lowest BCUT2D eigenvalue weighted by Gasteiger charge is -2.02. The summed E-state index contributed by atoms with van der Waals surface area (Å²) in [6, 6.07) is 2.05. The summed E-state index contributed by atoms with van der Waals surface area (Å²) in [5.74, 6) is 0. The number of aryl methyl sites for hydroxylation is 4. The molecular formula is C13H21N5. The highest BCUT2D eigenvalue weighted by Crippen LogP contribution is 2.07. The number of hydrogen-bond donors (Lipinski definition) is 1. The Morgan fingerprint density at radius 1 is 1.39 bits per heavy atom. The van der Waals surface area contributed by atoms with Gasteiger partial charge >= 0.3 is 0 Å². The number of nitrogens with zero attached hydrogens (tertiary/aromatic N) is 4. The SMILES string of the molecule is CCNCc1cn(CCc2ccnn2C)nc1C. The van der Waals surface area contributed by atoms with Gasteiger partial charge in [0.25, 0.3) is 0 Å². The van der Waals surface area contributed by atoms with E-state index in [2.05, 4.69) is 41.6 Å². The smallest absolute Gasteiger partial charge is 0.0638 e. The van der Waals surface area contributed by atoms with Crippen molar-refractivity contribution in [3.63, 3.8) is 0 Å². The Labute approximate surface area is 108 Å². The van der Waals surface area contributed by atoms with E-state index < -0.39 is 0 Å². The summed E-state index contributed by atoms with van der Waals surface area (Å²) >= 11 is 0. The highest BCUT2D eigenvalue weighted by atomic mass is 15.3. The van der Waals surface area contributed by atoms with Crippen molar-refractivity contribution in [2.75, 3.05) is 6.54 Å². The van der Waals surface area contributed by atoms with Crippen LogP contribution in [-0.2, 0) is 26.6 Å². The molecule has 0 amide bonds. The quantitative estimate of drug-likeness (QED) is 0.836. The van der Waals surface area contributed by atoms with Crippen LogP contribution < -0.4 is 5.32 Å². The summed E-state index contributed by atoms with van der Waals surface area (Å²) in [4.78, 5) is 0. The van der Waals surface area contributed by atoms with Gasteiger partial charge in [-0.05, 0) is 19.5 Å². The zero-order valence-corrected chi connectivity index (χ0v) is 11.3. The van der Waals surface area contributed by atoms with Gasteiger partial charge in [0.05, 0.1) is 5.69 Å². The van der Waals surface area contributed by atoms with E-state index in [4.69, 9.17) is 0 Å². The maximum Gasteiger partial charge on any atom is 0.0638 e. The van der Waals surface area contributed by atoms with Crippen LogP contribution in [0.25, 0.3) is 0 Å². The predicted molar refractivity (Wildman–Crippen MR) is 71.3 cm³/mol. The molecule has 5 nitrogen and oxygen atoms in total. The van der Waals surface area contributed by atoms with Gasteiger partial charge in [-0.1, -0.05) is 6.92 Å². The summed E-state index contributed by atoms with van der Waals surface area (Å²) in [6.45, 7) is 6.95. The highest BCUT2D eigenvalue weighted by Gasteiger charge is 2.05. The van der Waals surface area contributed by atoms with E-state index in [1.54, 1.807) is 0 Å². The molecule has 0 saturated carbocycles. The fourth-order valence-corrected chi connectivity index (χ4v) is 1.98. The third-order valence-corrected chi connectivity index (χ3v) is 3.13. The first-order valence-corrected chi connectivity index (χ1v) is 6.41. The second kappa shape index (κ2) is 5.82. The average molecular weight is 247 g/mol. The first-order valence-electron chi connectivity index (χ1n) is 6.41. The maximum atomic E-state index is 4.54. The summed E-state index contributed by atoms with van der Waals surface area (Å²) in [6.07, 6.45) is 4.92. The van der Waals surface area contributed by atoms with Crippen molar-refractivity contribution in [2.24, 2.45) is 7.05 Å². The highest BCUT2D eigenvalue weighted by molar-refractivity contribution is 5.15. The van der Waals surface area contributed by atoms with E-state index in [1.807, 2.05) is 22.6 Å². The summed E-state index contributed by atoms with van der Waals surface area (Å²) in [5.41, 5.74) is 3.62. The van der Waals surface area contributed by atoms with Gasteiger partial charge in [-0.25, -0.2) is 0 Å². The van der Waals surface area contributed by atoms with Crippen molar-refractivity contribution in [1.29, 1.82) is 0 Å². The van der Waals surface area contributed by atoms with Crippen LogP contribution in [-0.4, -0.2) is 26.1 Å². The van der Waals surface area contributed by atoms with Crippen LogP contribution in [0, 0.1) is 6.92 Å². The van der Waals surface area contributed by atoms with Gasteiger partial charge in [0, 0.05) is 50.2 Å². The molecule has 0 bridgehead atoms. The Kier molecular flexibility index (Phi) is 4.15. The molecule has 5 heteroatoms.